The molecule has 0 saturated carbocycles. The first-order valence-corrected chi connectivity index (χ1v) is 12.1. The Bertz CT molecular complexity index is 1650. The van der Waals surface area contributed by atoms with Crippen molar-refractivity contribution in [2.75, 3.05) is 5.32 Å². The number of anilines is 1. The molecule has 5 heterocycles. The molecule has 6 rings (SSSR count). The second kappa shape index (κ2) is 8.11. The Kier molecular flexibility index (Phi) is 4.91. The summed E-state index contributed by atoms with van der Waals surface area (Å²) in [6, 6.07) is 3.91. The van der Waals surface area contributed by atoms with Crippen LogP contribution in [0.2, 0.25) is 0 Å². The molecule has 8 nitrogen and oxygen atoms in total. The first-order valence-electron chi connectivity index (χ1n) is 11.2. The summed E-state index contributed by atoms with van der Waals surface area (Å²) in [5.74, 6) is 0. The molecule has 34 heavy (non-hydrogen) atoms. The van der Waals surface area contributed by atoms with Gasteiger partial charge in [-0.3, -0.25) is 14.0 Å². The fourth-order valence-corrected chi connectivity index (χ4v) is 5.55. The molecule has 0 bridgehead atoms. The van der Waals surface area contributed by atoms with E-state index in [0.717, 1.165) is 56.8 Å². The predicted octanol–water partition coefficient (Wildman–Crippen LogP) is 4.87. The van der Waals surface area contributed by atoms with Crippen molar-refractivity contribution in [3.63, 3.8) is 0 Å². The highest BCUT2D eigenvalue weighted by Gasteiger charge is 2.22. The quantitative estimate of drug-likeness (QED) is 0.397. The maximum atomic E-state index is 14.1. The van der Waals surface area contributed by atoms with Gasteiger partial charge in [-0.2, -0.15) is 10.2 Å². The molecule has 1 aliphatic rings. The number of aryl methyl sites for hydroxylation is 1. The lowest BCUT2D eigenvalue weighted by molar-refractivity contribution is 0.766. The summed E-state index contributed by atoms with van der Waals surface area (Å²) in [4.78, 5) is 18.5. The SMILES string of the molecule is C[C@H](Nc1ccnn2ccnc12)c1cc2scc(-c3cnn(C)c3)c2c(=O)n1C1=CC=CCC1. The van der Waals surface area contributed by atoms with Crippen LogP contribution in [0, 0.1) is 0 Å². The molecule has 170 valence electrons. The van der Waals surface area contributed by atoms with Crippen LogP contribution in [0.15, 0.2) is 71.5 Å². The lowest BCUT2D eigenvalue weighted by Crippen LogP contribution is -2.26. The van der Waals surface area contributed by atoms with Gasteiger partial charge in [0.15, 0.2) is 5.65 Å². The number of nitrogens with zero attached hydrogens (tertiary/aromatic N) is 6. The minimum absolute atomic E-state index is 0.00323. The van der Waals surface area contributed by atoms with E-state index < -0.39 is 0 Å². The van der Waals surface area contributed by atoms with E-state index in [9.17, 15) is 4.79 Å². The molecule has 0 unspecified atom stereocenters. The van der Waals surface area contributed by atoms with Crippen molar-refractivity contribution in [3.8, 4) is 11.1 Å². The van der Waals surface area contributed by atoms with Gasteiger partial charge in [-0.15, -0.1) is 11.3 Å². The Labute approximate surface area is 199 Å². The normalized spacial score (nSPS) is 14.6. The summed E-state index contributed by atoms with van der Waals surface area (Å²) in [6.07, 6.45) is 17.0. The molecule has 0 spiro atoms. The second-order valence-corrected chi connectivity index (χ2v) is 9.34. The Morgan fingerprint density at radius 3 is 2.94 bits per heavy atom. The number of hydrogen-bond donors (Lipinski definition) is 1. The smallest absolute Gasteiger partial charge is 0.264 e. The molecular formula is C25H23N7OS. The van der Waals surface area contributed by atoms with Crippen LogP contribution in [0.25, 0.3) is 32.6 Å². The maximum absolute atomic E-state index is 14.1. The molecule has 1 aliphatic carbocycles. The van der Waals surface area contributed by atoms with Crippen molar-refractivity contribution >= 4 is 38.5 Å². The molecule has 5 aromatic rings. The van der Waals surface area contributed by atoms with Gasteiger partial charge >= 0.3 is 0 Å². The number of imidazole rings is 1. The molecule has 5 aromatic heterocycles. The monoisotopic (exact) mass is 469 g/mol. The highest BCUT2D eigenvalue weighted by molar-refractivity contribution is 7.17. The minimum Gasteiger partial charge on any atom is -0.374 e. The van der Waals surface area contributed by atoms with E-state index in [4.69, 9.17) is 0 Å². The number of rotatable bonds is 5. The van der Waals surface area contributed by atoms with E-state index in [0.29, 0.717) is 0 Å². The standard InChI is InChI=1S/C25H23N7OS/c1-16(29-20-8-9-27-31-11-10-26-24(20)31)21-12-22-23(19(15-34-22)17-13-28-30(2)14-17)25(33)32(21)18-6-4-3-5-7-18/h3-4,6,8-16,29H,5,7H2,1-2H3/t16-/m0/s1. The average molecular weight is 470 g/mol. The van der Waals surface area contributed by atoms with Crippen LogP contribution in [-0.2, 0) is 7.05 Å². The van der Waals surface area contributed by atoms with E-state index in [1.807, 2.05) is 48.4 Å². The molecule has 0 aliphatic heterocycles. The molecule has 1 atom stereocenters. The fraction of sp³-hybridized carbons (Fsp3) is 0.200. The molecule has 0 radical (unpaired) electrons. The van der Waals surface area contributed by atoms with Crippen LogP contribution in [0.5, 0.6) is 0 Å². The molecule has 1 N–H and O–H groups in total. The van der Waals surface area contributed by atoms with Crippen LogP contribution < -0.4 is 10.9 Å². The third-order valence-electron chi connectivity index (χ3n) is 6.18. The number of nitrogens with one attached hydrogen (secondary N) is 1. The summed E-state index contributed by atoms with van der Waals surface area (Å²) in [5, 5.41) is 15.0. The van der Waals surface area contributed by atoms with Crippen LogP contribution in [0.4, 0.5) is 5.69 Å². The van der Waals surface area contributed by atoms with Gasteiger partial charge in [0, 0.05) is 58.2 Å². The largest absolute Gasteiger partial charge is 0.374 e. The maximum Gasteiger partial charge on any atom is 0.264 e. The molecule has 0 aromatic carbocycles. The summed E-state index contributed by atoms with van der Waals surface area (Å²) >= 11 is 1.59. The molecule has 0 saturated heterocycles. The molecule has 0 amide bonds. The Balaban J connectivity index is 1.53. The highest BCUT2D eigenvalue weighted by atomic mass is 32.1. The van der Waals surface area contributed by atoms with Crippen molar-refractivity contribution in [2.24, 2.45) is 7.05 Å². The van der Waals surface area contributed by atoms with Gasteiger partial charge in [-0.1, -0.05) is 12.2 Å². The third-order valence-corrected chi connectivity index (χ3v) is 7.11. The number of allylic oxidation sites excluding steroid dienone is 4. The molecule has 9 heteroatoms. The third kappa shape index (κ3) is 3.36. The topological polar surface area (TPSA) is 82.0 Å². The van der Waals surface area contributed by atoms with E-state index >= 15 is 0 Å². The van der Waals surface area contributed by atoms with Gasteiger partial charge in [-0.25, -0.2) is 9.50 Å². The fourth-order valence-electron chi connectivity index (χ4n) is 4.55. The first kappa shape index (κ1) is 20.6. The van der Waals surface area contributed by atoms with Crippen molar-refractivity contribution in [1.82, 2.24) is 28.9 Å². The van der Waals surface area contributed by atoms with Crippen LogP contribution in [0.1, 0.15) is 31.5 Å². The Morgan fingerprint density at radius 2 is 2.15 bits per heavy atom. The van der Waals surface area contributed by atoms with Gasteiger partial charge in [-0.05, 0) is 38.0 Å². The van der Waals surface area contributed by atoms with Crippen molar-refractivity contribution in [2.45, 2.75) is 25.8 Å². The van der Waals surface area contributed by atoms with Crippen molar-refractivity contribution in [3.05, 3.63) is 82.8 Å². The van der Waals surface area contributed by atoms with Gasteiger partial charge in [0.05, 0.1) is 29.5 Å². The average Bonchev–Trinajstić information content (AvgIpc) is 3.59. The number of aromatic nitrogens is 6. The number of fused-ring (bicyclic) bond motifs is 2. The van der Waals surface area contributed by atoms with Gasteiger partial charge < -0.3 is 5.32 Å². The summed E-state index contributed by atoms with van der Waals surface area (Å²) in [7, 11) is 1.89. The Morgan fingerprint density at radius 1 is 1.24 bits per heavy atom. The number of thiophene rings is 1. The lowest BCUT2D eigenvalue weighted by atomic mass is 10.1. The molecular weight excluding hydrogens is 446 g/mol. The van der Waals surface area contributed by atoms with E-state index in [1.165, 1.54) is 0 Å². The summed E-state index contributed by atoms with van der Waals surface area (Å²) in [5.41, 5.74) is 5.42. The van der Waals surface area contributed by atoms with Gasteiger partial charge in [0.1, 0.15) is 0 Å². The number of pyridine rings is 1. The second-order valence-electron chi connectivity index (χ2n) is 8.43. The zero-order valence-corrected chi connectivity index (χ0v) is 19.7. The van der Waals surface area contributed by atoms with Gasteiger partial charge in [0.25, 0.3) is 5.56 Å². The predicted molar refractivity (Wildman–Crippen MR) is 136 cm³/mol. The lowest BCUT2D eigenvalue weighted by Gasteiger charge is -2.23. The summed E-state index contributed by atoms with van der Waals surface area (Å²) in [6.45, 7) is 2.08. The van der Waals surface area contributed by atoms with Crippen molar-refractivity contribution < 1.29 is 0 Å². The van der Waals surface area contributed by atoms with E-state index in [1.54, 1.807) is 32.9 Å². The Hall–Kier alpha value is -3.98. The van der Waals surface area contributed by atoms with Crippen LogP contribution in [-0.4, -0.2) is 28.9 Å². The first-order chi connectivity index (χ1) is 16.6. The van der Waals surface area contributed by atoms with Gasteiger partial charge in [0.2, 0.25) is 0 Å². The van der Waals surface area contributed by atoms with E-state index in [-0.39, 0.29) is 11.6 Å². The van der Waals surface area contributed by atoms with Crippen LogP contribution in [0.3, 0.4) is 0 Å². The summed E-state index contributed by atoms with van der Waals surface area (Å²) < 4.78 is 6.35. The van der Waals surface area contributed by atoms with Crippen LogP contribution >= 0.6 is 11.3 Å². The van der Waals surface area contributed by atoms with E-state index in [2.05, 4.69) is 44.9 Å². The number of hydrogen-bond acceptors (Lipinski definition) is 6. The molecule has 0 fully saturated rings. The minimum atomic E-state index is -0.143. The zero-order valence-electron chi connectivity index (χ0n) is 18.8. The van der Waals surface area contributed by atoms with Crippen molar-refractivity contribution in [1.29, 1.82) is 0 Å². The zero-order chi connectivity index (χ0) is 23.2. The highest BCUT2D eigenvalue weighted by Crippen LogP contribution is 2.35.